The summed E-state index contributed by atoms with van der Waals surface area (Å²) in [6, 6.07) is 5.17. The van der Waals surface area contributed by atoms with Crippen LogP contribution >= 0.6 is 11.6 Å². The Balaban J connectivity index is 1.91. The summed E-state index contributed by atoms with van der Waals surface area (Å²) in [6.45, 7) is 0.489. The van der Waals surface area contributed by atoms with E-state index < -0.39 is 0 Å². The fraction of sp³-hybridized carbons (Fsp3) is 0.571. The van der Waals surface area contributed by atoms with Crippen LogP contribution in [0.1, 0.15) is 31.2 Å². The van der Waals surface area contributed by atoms with Gasteiger partial charge in [-0.05, 0) is 37.6 Å². The lowest BCUT2D eigenvalue weighted by Gasteiger charge is -2.31. The smallest absolute Gasteiger partial charge is 0.141 e. The van der Waals surface area contributed by atoms with E-state index in [0.717, 1.165) is 18.4 Å². The Labute approximate surface area is 112 Å². The number of likely N-dealkylation sites (N-methyl/N-ethyl adjacent to an activating group) is 1. The second kappa shape index (κ2) is 6.50. The average molecular weight is 272 g/mol. The van der Waals surface area contributed by atoms with Crippen LogP contribution in [0.2, 0.25) is 5.02 Å². The summed E-state index contributed by atoms with van der Waals surface area (Å²) in [5.41, 5.74) is 0.918. The molecule has 1 saturated carbocycles. The van der Waals surface area contributed by atoms with Crippen molar-refractivity contribution in [2.45, 2.75) is 44.4 Å². The molecule has 0 spiro atoms. The molecule has 4 heteroatoms. The third-order valence-electron chi connectivity index (χ3n) is 3.52. The van der Waals surface area contributed by atoms with E-state index in [1.807, 2.05) is 7.05 Å². The van der Waals surface area contributed by atoms with Gasteiger partial charge in [0.25, 0.3) is 0 Å². The highest BCUT2D eigenvalue weighted by atomic mass is 35.5. The Hall–Kier alpha value is -0.640. The van der Waals surface area contributed by atoms with Gasteiger partial charge in [0, 0.05) is 6.04 Å². The molecule has 1 aliphatic carbocycles. The zero-order valence-electron chi connectivity index (χ0n) is 10.6. The maximum absolute atomic E-state index is 13.0. The van der Waals surface area contributed by atoms with E-state index in [1.165, 1.54) is 18.9 Å². The van der Waals surface area contributed by atoms with Crippen molar-refractivity contribution in [3.63, 3.8) is 0 Å². The van der Waals surface area contributed by atoms with E-state index in [-0.39, 0.29) is 16.9 Å². The van der Waals surface area contributed by atoms with Gasteiger partial charge >= 0.3 is 0 Å². The monoisotopic (exact) mass is 271 g/mol. The number of rotatable bonds is 4. The van der Waals surface area contributed by atoms with Gasteiger partial charge in [-0.2, -0.15) is 0 Å². The summed E-state index contributed by atoms with van der Waals surface area (Å²) in [6.07, 6.45) is 4.96. The highest BCUT2D eigenvalue weighted by Gasteiger charge is 2.24. The number of hydrogen-bond donors (Lipinski definition) is 1. The first-order valence-electron chi connectivity index (χ1n) is 6.43. The van der Waals surface area contributed by atoms with Crippen molar-refractivity contribution in [3.05, 3.63) is 34.6 Å². The molecule has 0 amide bonds. The minimum Gasteiger partial charge on any atom is -0.372 e. The molecule has 2 rings (SSSR count). The van der Waals surface area contributed by atoms with Crippen LogP contribution < -0.4 is 5.32 Å². The number of nitrogens with one attached hydrogen (secondary N) is 1. The van der Waals surface area contributed by atoms with Gasteiger partial charge in [0.15, 0.2) is 0 Å². The lowest BCUT2D eigenvalue weighted by Crippen LogP contribution is -2.41. The van der Waals surface area contributed by atoms with Crippen LogP contribution in [0.5, 0.6) is 0 Å². The summed E-state index contributed by atoms with van der Waals surface area (Å²) in [4.78, 5) is 0. The first kappa shape index (κ1) is 13.8. The third-order valence-corrected chi connectivity index (χ3v) is 3.81. The lowest BCUT2D eigenvalue weighted by atomic mass is 9.92. The van der Waals surface area contributed by atoms with E-state index in [4.69, 9.17) is 16.3 Å². The molecule has 2 atom stereocenters. The Morgan fingerprint density at radius 1 is 1.39 bits per heavy atom. The molecule has 0 aliphatic heterocycles. The van der Waals surface area contributed by atoms with Crippen LogP contribution in [-0.2, 0) is 11.3 Å². The minimum absolute atomic E-state index is 0.157. The number of benzene rings is 1. The molecule has 2 nitrogen and oxygen atoms in total. The maximum Gasteiger partial charge on any atom is 0.141 e. The van der Waals surface area contributed by atoms with E-state index in [1.54, 1.807) is 12.1 Å². The SMILES string of the molecule is CNC1CCCCC1OCc1ccc(F)c(Cl)c1. The van der Waals surface area contributed by atoms with Crippen LogP contribution in [-0.4, -0.2) is 19.2 Å². The topological polar surface area (TPSA) is 21.3 Å². The molecule has 18 heavy (non-hydrogen) atoms. The highest BCUT2D eigenvalue weighted by molar-refractivity contribution is 6.30. The van der Waals surface area contributed by atoms with E-state index >= 15 is 0 Å². The second-order valence-electron chi connectivity index (χ2n) is 4.78. The Morgan fingerprint density at radius 3 is 2.89 bits per heavy atom. The lowest BCUT2D eigenvalue weighted by molar-refractivity contribution is -0.00362. The molecule has 1 N–H and O–H groups in total. The van der Waals surface area contributed by atoms with Crippen molar-refractivity contribution >= 4 is 11.6 Å². The van der Waals surface area contributed by atoms with E-state index in [0.29, 0.717) is 12.6 Å². The molecule has 0 heterocycles. The first-order chi connectivity index (χ1) is 8.70. The van der Waals surface area contributed by atoms with Crippen molar-refractivity contribution < 1.29 is 9.13 Å². The van der Waals surface area contributed by atoms with Crippen LogP contribution in [0.25, 0.3) is 0 Å². The van der Waals surface area contributed by atoms with Crippen molar-refractivity contribution in [1.82, 2.24) is 5.32 Å². The Morgan fingerprint density at radius 2 is 2.17 bits per heavy atom. The van der Waals surface area contributed by atoms with E-state index in [9.17, 15) is 4.39 Å². The quantitative estimate of drug-likeness (QED) is 0.905. The van der Waals surface area contributed by atoms with Crippen molar-refractivity contribution in [3.8, 4) is 0 Å². The van der Waals surface area contributed by atoms with Gasteiger partial charge in [-0.3, -0.25) is 0 Å². The van der Waals surface area contributed by atoms with Gasteiger partial charge in [-0.1, -0.05) is 30.5 Å². The largest absolute Gasteiger partial charge is 0.372 e. The Bertz CT molecular complexity index is 399. The molecule has 0 aromatic heterocycles. The molecule has 1 aromatic rings. The molecule has 0 saturated heterocycles. The molecule has 100 valence electrons. The van der Waals surface area contributed by atoms with Crippen molar-refractivity contribution in [1.29, 1.82) is 0 Å². The normalized spacial score (nSPS) is 24.2. The molecule has 1 aliphatic rings. The molecular weight excluding hydrogens is 253 g/mol. The van der Waals surface area contributed by atoms with Crippen molar-refractivity contribution in [2.24, 2.45) is 0 Å². The number of ether oxygens (including phenoxy) is 1. The summed E-state index contributed by atoms with van der Waals surface area (Å²) < 4.78 is 19.0. The van der Waals surface area contributed by atoms with Crippen LogP contribution in [0, 0.1) is 5.82 Å². The molecule has 1 fully saturated rings. The van der Waals surface area contributed by atoms with Gasteiger partial charge in [-0.25, -0.2) is 4.39 Å². The molecule has 2 unspecified atom stereocenters. The summed E-state index contributed by atoms with van der Waals surface area (Å²) in [5, 5.41) is 3.46. The van der Waals surface area contributed by atoms with Gasteiger partial charge < -0.3 is 10.1 Å². The van der Waals surface area contributed by atoms with Crippen LogP contribution in [0.15, 0.2) is 18.2 Å². The summed E-state index contributed by atoms with van der Waals surface area (Å²) in [5.74, 6) is -0.383. The van der Waals surface area contributed by atoms with Crippen molar-refractivity contribution in [2.75, 3.05) is 7.05 Å². The minimum atomic E-state index is -0.383. The standard InChI is InChI=1S/C14H19ClFNO/c1-17-13-4-2-3-5-14(13)18-9-10-6-7-12(16)11(15)8-10/h6-8,13-14,17H,2-5,9H2,1H3. The summed E-state index contributed by atoms with van der Waals surface area (Å²) in [7, 11) is 1.97. The van der Waals surface area contributed by atoms with E-state index in [2.05, 4.69) is 5.32 Å². The Kier molecular flexibility index (Phi) is 4.98. The van der Waals surface area contributed by atoms with Gasteiger partial charge in [-0.15, -0.1) is 0 Å². The average Bonchev–Trinajstić information content (AvgIpc) is 2.40. The maximum atomic E-state index is 13.0. The molecular formula is C14H19ClFNO. The number of halogens is 2. The fourth-order valence-electron chi connectivity index (χ4n) is 2.46. The zero-order chi connectivity index (χ0) is 13.0. The summed E-state index contributed by atoms with van der Waals surface area (Å²) >= 11 is 5.75. The van der Waals surface area contributed by atoms with Gasteiger partial charge in [0.05, 0.1) is 17.7 Å². The fourth-order valence-corrected chi connectivity index (χ4v) is 2.66. The second-order valence-corrected chi connectivity index (χ2v) is 5.18. The number of hydrogen-bond acceptors (Lipinski definition) is 2. The van der Waals surface area contributed by atoms with Crippen LogP contribution in [0.3, 0.4) is 0 Å². The molecule has 1 aromatic carbocycles. The zero-order valence-corrected chi connectivity index (χ0v) is 11.3. The highest BCUT2D eigenvalue weighted by Crippen LogP contribution is 2.23. The predicted octanol–water partition coefficient (Wildman–Crippen LogP) is 3.53. The van der Waals surface area contributed by atoms with Gasteiger partial charge in [0.2, 0.25) is 0 Å². The molecule has 0 bridgehead atoms. The predicted molar refractivity (Wildman–Crippen MR) is 71.3 cm³/mol. The molecule has 0 radical (unpaired) electrons. The first-order valence-corrected chi connectivity index (χ1v) is 6.81. The van der Waals surface area contributed by atoms with Gasteiger partial charge in [0.1, 0.15) is 5.82 Å². The third kappa shape index (κ3) is 3.44. The van der Waals surface area contributed by atoms with Crippen LogP contribution in [0.4, 0.5) is 4.39 Å².